The second-order valence-corrected chi connectivity index (χ2v) is 7.59. The summed E-state index contributed by atoms with van der Waals surface area (Å²) >= 11 is 0. The molecule has 0 saturated heterocycles. The second-order valence-electron chi connectivity index (χ2n) is 7.59. The van der Waals surface area contributed by atoms with E-state index >= 15 is 0 Å². The van der Waals surface area contributed by atoms with Crippen LogP contribution < -0.4 is 9.47 Å². The Balaban J connectivity index is 1.84. The van der Waals surface area contributed by atoms with Crippen molar-refractivity contribution in [3.8, 4) is 28.7 Å². The first kappa shape index (κ1) is 23.0. The van der Waals surface area contributed by atoms with Crippen LogP contribution in [0.4, 0.5) is 0 Å². The average molecular weight is 442 g/mol. The normalized spacial score (nSPS) is 15.7. The number of esters is 1. The lowest BCUT2D eigenvalue weighted by atomic mass is 9.92. The van der Waals surface area contributed by atoms with Gasteiger partial charge in [0.1, 0.15) is 28.9 Å². The summed E-state index contributed by atoms with van der Waals surface area (Å²) in [6.45, 7) is 1.83. The summed E-state index contributed by atoms with van der Waals surface area (Å²) in [6, 6.07) is 5.97. The first-order valence-corrected chi connectivity index (χ1v) is 10.1. The smallest absolute Gasteiger partial charge is 0.305 e. The van der Waals surface area contributed by atoms with E-state index in [9.17, 15) is 24.9 Å². The van der Waals surface area contributed by atoms with Crippen molar-refractivity contribution in [1.29, 1.82) is 0 Å². The molecule has 0 spiro atoms. The molecule has 1 heterocycles. The number of hydrogen-bond acceptors (Lipinski definition) is 8. The van der Waals surface area contributed by atoms with Crippen molar-refractivity contribution in [3.63, 3.8) is 0 Å². The number of phenols is 3. The Hall–Kier alpha value is -3.68. The van der Waals surface area contributed by atoms with Gasteiger partial charge in [-0.3, -0.25) is 9.59 Å². The summed E-state index contributed by atoms with van der Waals surface area (Å²) in [6.07, 6.45) is 2.00. The standard InChI is InChI=1S/C24H26O8/c1-13(5-9-22(28)31-3)4-7-15-17(26)11-21-23(24(15)29)18(27)12-19(32-21)14-6-8-16(25)20(10-14)30-2/h4,6,8,10-11,19,25-26,29H,5,7,9,12H2,1-3H3/b13-4+/t19-/m0/s1. The number of carbonyl (C=O) groups excluding carboxylic acids is 2. The molecule has 0 aliphatic carbocycles. The van der Waals surface area contributed by atoms with Crippen LogP contribution in [0.15, 0.2) is 35.9 Å². The van der Waals surface area contributed by atoms with Crippen LogP contribution in [0.3, 0.4) is 0 Å². The summed E-state index contributed by atoms with van der Waals surface area (Å²) < 4.78 is 15.6. The van der Waals surface area contributed by atoms with Gasteiger partial charge in [0.25, 0.3) is 0 Å². The van der Waals surface area contributed by atoms with Crippen LogP contribution in [0.25, 0.3) is 0 Å². The fourth-order valence-corrected chi connectivity index (χ4v) is 3.56. The van der Waals surface area contributed by atoms with Crippen LogP contribution in [0.5, 0.6) is 28.7 Å². The highest BCUT2D eigenvalue weighted by molar-refractivity contribution is 6.03. The molecule has 1 atom stereocenters. The Kier molecular flexibility index (Phi) is 6.92. The quantitative estimate of drug-likeness (QED) is 0.435. The van der Waals surface area contributed by atoms with E-state index in [2.05, 4.69) is 4.74 Å². The van der Waals surface area contributed by atoms with Gasteiger partial charge in [-0.1, -0.05) is 17.7 Å². The maximum absolute atomic E-state index is 12.9. The number of Topliss-reactive ketones (excluding diaryl/α,β-unsaturated/α-hetero) is 1. The number of hydrogen-bond donors (Lipinski definition) is 3. The number of phenolic OH excluding ortho intramolecular Hbond substituents is 3. The molecule has 3 N–H and O–H groups in total. The molecule has 0 unspecified atom stereocenters. The van der Waals surface area contributed by atoms with Crippen molar-refractivity contribution in [2.75, 3.05) is 14.2 Å². The van der Waals surface area contributed by atoms with Gasteiger partial charge in [-0.15, -0.1) is 0 Å². The summed E-state index contributed by atoms with van der Waals surface area (Å²) in [5.41, 5.74) is 1.74. The molecule has 2 aromatic rings. The van der Waals surface area contributed by atoms with Crippen LogP contribution in [0, 0.1) is 0 Å². The summed E-state index contributed by atoms with van der Waals surface area (Å²) in [5.74, 6) is -0.857. The Labute approximate surface area is 185 Å². The molecular weight excluding hydrogens is 416 g/mol. The molecule has 0 amide bonds. The highest BCUT2D eigenvalue weighted by Gasteiger charge is 2.33. The van der Waals surface area contributed by atoms with Gasteiger partial charge in [0.05, 0.1) is 20.6 Å². The monoisotopic (exact) mass is 442 g/mol. The van der Waals surface area contributed by atoms with Crippen molar-refractivity contribution in [2.24, 2.45) is 0 Å². The van der Waals surface area contributed by atoms with Crippen LogP contribution in [0.2, 0.25) is 0 Å². The van der Waals surface area contributed by atoms with Gasteiger partial charge in [0.15, 0.2) is 17.3 Å². The lowest BCUT2D eigenvalue weighted by Crippen LogP contribution is -2.21. The minimum absolute atomic E-state index is 0.0211. The molecule has 8 heteroatoms. The second kappa shape index (κ2) is 9.64. The highest BCUT2D eigenvalue weighted by atomic mass is 16.5. The number of ketones is 1. The van der Waals surface area contributed by atoms with Gasteiger partial charge in [-0.05, 0) is 37.5 Å². The lowest BCUT2D eigenvalue weighted by Gasteiger charge is -2.27. The number of carbonyl (C=O) groups is 2. The Morgan fingerprint density at radius 3 is 2.59 bits per heavy atom. The maximum Gasteiger partial charge on any atom is 0.305 e. The molecule has 0 aromatic heterocycles. The van der Waals surface area contributed by atoms with Crippen molar-refractivity contribution in [2.45, 2.75) is 38.7 Å². The van der Waals surface area contributed by atoms with Gasteiger partial charge in [-0.2, -0.15) is 0 Å². The molecule has 170 valence electrons. The van der Waals surface area contributed by atoms with E-state index in [-0.39, 0.29) is 70.9 Å². The fourth-order valence-electron chi connectivity index (χ4n) is 3.56. The zero-order valence-electron chi connectivity index (χ0n) is 18.2. The minimum Gasteiger partial charge on any atom is -0.507 e. The zero-order chi connectivity index (χ0) is 23.4. The molecule has 1 aliphatic heterocycles. The Morgan fingerprint density at radius 1 is 1.16 bits per heavy atom. The largest absolute Gasteiger partial charge is 0.507 e. The van der Waals surface area contributed by atoms with Crippen molar-refractivity contribution >= 4 is 11.8 Å². The SMILES string of the molecule is COC(=O)CC/C(C)=C/Cc1c(O)cc2c(c1O)C(=O)C[C@@H](c1ccc(O)c(OC)c1)O2. The van der Waals surface area contributed by atoms with Crippen molar-refractivity contribution in [1.82, 2.24) is 0 Å². The van der Waals surface area contributed by atoms with E-state index < -0.39 is 6.10 Å². The summed E-state index contributed by atoms with van der Waals surface area (Å²) in [4.78, 5) is 24.1. The zero-order valence-corrected chi connectivity index (χ0v) is 18.2. The molecule has 8 nitrogen and oxygen atoms in total. The van der Waals surface area contributed by atoms with Crippen LogP contribution in [-0.2, 0) is 16.0 Å². The molecule has 1 aliphatic rings. The molecular formula is C24H26O8. The third kappa shape index (κ3) is 4.80. The number of benzene rings is 2. The molecule has 0 radical (unpaired) electrons. The first-order chi connectivity index (χ1) is 15.2. The van der Waals surface area contributed by atoms with E-state index in [0.29, 0.717) is 12.0 Å². The van der Waals surface area contributed by atoms with Crippen LogP contribution >= 0.6 is 0 Å². The fraction of sp³-hybridized carbons (Fsp3) is 0.333. The number of allylic oxidation sites excluding steroid dienone is 2. The van der Waals surface area contributed by atoms with E-state index in [4.69, 9.17) is 9.47 Å². The van der Waals surface area contributed by atoms with E-state index in [1.54, 1.807) is 18.2 Å². The van der Waals surface area contributed by atoms with Crippen molar-refractivity contribution in [3.05, 3.63) is 52.6 Å². The van der Waals surface area contributed by atoms with Crippen LogP contribution in [-0.4, -0.2) is 41.3 Å². The summed E-state index contributed by atoms with van der Waals surface area (Å²) in [7, 11) is 2.75. The predicted octanol–water partition coefficient (Wildman–Crippen LogP) is 3.96. The molecule has 32 heavy (non-hydrogen) atoms. The number of ether oxygens (including phenoxy) is 3. The van der Waals surface area contributed by atoms with Gasteiger partial charge >= 0.3 is 5.97 Å². The third-order valence-corrected chi connectivity index (χ3v) is 5.45. The topological polar surface area (TPSA) is 123 Å². The van der Waals surface area contributed by atoms with Gasteiger partial charge in [0, 0.05) is 18.1 Å². The van der Waals surface area contributed by atoms with Gasteiger partial charge < -0.3 is 29.5 Å². The first-order valence-electron chi connectivity index (χ1n) is 10.1. The van der Waals surface area contributed by atoms with Gasteiger partial charge in [0.2, 0.25) is 0 Å². The molecule has 2 aromatic carbocycles. The Morgan fingerprint density at radius 2 is 1.91 bits per heavy atom. The minimum atomic E-state index is -0.658. The van der Waals surface area contributed by atoms with Gasteiger partial charge in [-0.25, -0.2) is 0 Å². The lowest BCUT2D eigenvalue weighted by molar-refractivity contribution is -0.140. The molecule has 3 rings (SSSR count). The average Bonchev–Trinajstić information content (AvgIpc) is 2.76. The van der Waals surface area contributed by atoms with E-state index in [1.165, 1.54) is 26.4 Å². The number of rotatable bonds is 7. The Bertz CT molecular complexity index is 1070. The van der Waals surface area contributed by atoms with Crippen LogP contribution in [0.1, 0.15) is 53.8 Å². The number of methoxy groups -OCH3 is 2. The van der Waals surface area contributed by atoms with E-state index in [0.717, 1.165) is 5.57 Å². The summed E-state index contributed by atoms with van der Waals surface area (Å²) in [5, 5.41) is 31.0. The van der Waals surface area contributed by atoms with Crippen molar-refractivity contribution < 1.29 is 39.1 Å². The predicted molar refractivity (Wildman–Crippen MR) is 115 cm³/mol. The molecule has 0 fully saturated rings. The maximum atomic E-state index is 12.9. The third-order valence-electron chi connectivity index (χ3n) is 5.45. The number of fused-ring (bicyclic) bond motifs is 1. The number of aromatic hydroxyl groups is 3. The van der Waals surface area contributed by atoms with E-state index in [1.807, 2.05) is 6.92 Å². The molecule has 0 saturated carbocycles. The highest BCUT2D eigenvalue weighted by Crippen LogP contribution is 2.45. The molecule has 0 bridgehead atoms.